The first-order chi connectivity index (χ1) is 9.63. The Morgan fingerprint density at radius 2 is 2.10 bits per heavy atom. The molecule has 3 aromatic rings. The van der Waals surface area contributed by atoms with Crippen LogP contribution in [-0.2, 0) is 0 Å². The standard InChI is InChI=1S/C15H13N3O2/c1-9-14(20-10(2)17-9)15(19)18-12-5-6-13-11(8-12)4-3-7-16-13/h3-8H,1-2H3,(H,18,19). The quantitative estimate of drug-likeness (QED) is 0.774. The number of oxazole rings is 1. The van der Waals surface area contributed by atoms with Crippen LogP contribution in [0.25, 0.3) is 10.9 Å². The molecule has 0 aliphatic carbocycles. The first kappa shape index (κ1) is 12.3. The summed E-state index contributed by atoms with van der Waals surface area (Å²) < 4.78 is 5.30. The summed E-state index contributed by atoms with van der Waals surface area (Å²) in [6, 6.07) is 9.35. The molecule has 3 rings (SSSR count). The highest BCUT2D eigenvalue weighted by Crippen LogP contribution is 2.18. The van der Waals surface area contributed by atoms with Crippen LogP contribution in [0.5, 0.6) is 0 Å². The minimum absolute atomic E-state index is 0.244. The van der Waals surface area contributed by atoms with Crippen molar-refractivity contribution in [1.82, 2.24) is 9.97 Å². The van der Waals surface area contributed by atoms with Crippen molar-refractivity contribution in [3.63, 3.8) is 0 Å². The molecule has 0 aliphatic rings. The van der Waals surface area contributed by atoms with Crippen molar-refractivity contribution in [3.05, 3.63) is 53.9 Å². The third-order valence-electron chi connectivity index (χ3n) is 2.97. The van der Waals surface area contributed by atoms with Crippen molar-refractivity contribution in [1.29, 1.82) is 0 Å². The number of amides is 1. The summed E-state index contributed by atoms with van der Waals surface area (Å²) in [4.78, 5) is 20.4. The third kappa shape index (κ3) is 2.25. The number of anilines is 1. The molecule has 0 saturated heterocycles. The molecule has 20 heavy (non-hydrogen) atoms. The Kier molecular flexibility index (Phi) is 2.95. The second-order valence-electron chi connectivity index (χ2n) is 4.51. The van der Waals surface area contributed by atoms with Gasteiger partial charge in [0, 0.05) is 24.2 Å². The van der Waals surface area contributed by atoms with Crippen molar-refractivity contribution < 1.29 is 9.21 Å². The molecule has 0 radical (unpaired) electrons. The van der Waals surface area contributed by atoms with Crippen molar-refractivity contribution >= 4 is 22.5 Å². The number of aromatic nitrogens is 2. The first-order valence-electron chi connectivity index (χ1n) is 6.23. The molecule has 0 unspecified atom stereocenters. The van der Waals surface area contributed by atoms with Crippen LogP contribution in [0, 0.1) is 13.8 Å². The van der Waals surface area contributed by atoms with E-state index in [2.05, 4.69) is 15.3 Å². The average Bonchev–Trinajstić information content (AvgIpc) is 2.78. The Labute approximate surface area is 115 Å². The lowest BCUT2D eigenvalue weighted by Crippen LogP contribution is -2.12. The highest BCUT2D eigenvalue weighted by atomic mass is 16.4. The number of rotatable bonds is 2. The molecule has 0 aliphatic heterocycles. The van der Waals surface area contributed by atoms with Gasteiger partial charge in [-0.3, -0.25) is 9.78 Å². The Morgan fingerprint density at radius 1 is 1.25 bits per heavy atom. The van der Waals surface area contributed by atoms with Crippen LogP contribution in [0.15, 0.2) is 40.9 Å². The number of hydrogen-bond donors (Lipinski definition) is 1. The molecule has 1 N–H and O–H groups in total. The zero-order valence-corrected chi connectivity index (χ0v) is 11.2. The lowest BCUT2D eigenvalue weighted by molar-refractivity contribution is 0.0994. The molecule has 0 spiro atoms. The van der Waals surface area contributed by atoms with Gasteiger partial charge >= 0.3 is 0 Å². The molecule has 0 atom stereocenters. The third-order valence-corrected chi connectivity index (χ3v) is 2.97. The fraction of sp³-hybridized carbons (Fsp3) is 0.133. The normalized spacial score (nSPS) is 10.7. The Hall–Kier alpha value is -2.69. The zero-order valence-electron chi connectivity index (χ0n) is 11.2. The minimum Gasteiger partial charge on any atom is -0.436 e. The van der Waals surface area contributed by atoms with Crippen LogP contribution < -0.4 is 5.32 Å². The highest BCUT2D eigenvalue weighted by molar-refractivity contribution is 6.03. The average molecular weight is 267 g/mol. The van der Waals surface area contributed by atoms with Crippen LogP contribution in [0.1, 0.15) is 22.1 Å². The molecule has 5 nitrogen and oxygen atoms in total. The van der Waals surface area contributed by atoms with E-state index in [-0.39, 0.29) is 11.7 Å². The first-order valence-corrected chi connectivity index (χ1v) is 6.23. The van der Waals surface area contributed by atoms with Gasteiger partial charge in [-0.15, -0.1) is 0 Å². The Morgan fingerprint density at radius 3 is 2.85 bits per heavy atom. The molecule has 2 aromatic heterocycles. The van der Waals surface area contributed by atoms with E-state index in [4.69, 9.17) is 4.42 Å². The van der Waals surface area contributed by atoms with Gasteiger partial charge in [-0.05, 0) is 31.2 Å². The summed E-state index contributed by atoms with van der Waals surface area (Å²) in [5.41, 5.74) is 2.17. The molecule has 1 amide bonds. The second-order valence-corrected chi connectivity index (χ2v) is 4.51. The van der Waals surface area contributed by atoms with Crippen LogP contribution in [0.3, 0.4) is 0 Å². The lowest BCUT2D eigenvalue weighted by atomic mass is 10.2. The van der Waals surface area contributed by atoms with Crippen molar-refractivity contribution in [3.8, 4) is 0 Å². The fourth-order valence-corrected chi connectivity index (χ4v) is 2.08. The number of pyridine rings is 1. The summed E-state index contributed by atoms with van der Waals surface area (Å²) in [6.45, 7) is 3.46. The summed E-state index contributed by atoms with van der Waals surface area (Å²) in [7, 11) is 0. The molecule has 2 heterocycles. The molecule has 1 aromatic carbocycles. The van der Waals surface area contributed by atoms with Gasteiger partial charge in [-0.25, -0.2) is 4.98 Å². The summed E-state index contributed by atoms with van der Waals surface area (Å²) in [6.07, 6.45) is 1.74. The van der Waals surface area contributed by atoms with E-state index in [9.17, 15) is 4.79 Å². The fourth-order valence-electron chi connectivity index (χ4n) is 2.08. The van der Waals surface area contributed by atoms with Crippen molar-refractivity contribution in [2.75, 3.05) is 5.32 Å². The van der Waals surface area contributed by atoms with Gasteiger partial charge in [0.1, 0.15) is 0 Å². The largest absolute Gasteiger partial charge is 0.436 e. The van der Waals surface area contributed by atoms with E-state index in [1.165, 1.54) is 0 Å². The summed E-state index contributed by atoms with van der Waals surface area (Å²) >= 11 is 0. The van der Waals surface area contributed by atoms with Gasteiger partial charge < -0.3 is 9.73 Å². The van der Waals surface area contributed by atoms with Crippen molar-refractivity contribution in [2.45, 2.75) is 13.8 Å². The van der Waals surface area contributed by atoms with Gasteiger partial charge in [0.15, 0.2) is 5.89 Å². The number of aryl methyl sites for hydroxylation is 2. The number of carbonyl (C=O) groups is 1. The van der Waals surface area contributed by atoms with E-state index in [0.717, 1.165) is 10.9 Å². The van der Waals surface area contributed by atoms with Gasteiger partial charge in [-0.1, -0.05) is 6.07 Å². The smallest absolute Gasteiger partial charge is 0.293 e. The molecule has 0 bridgehead atoms. The van der Waals surface area contributed by atoms with Crippen molar-refractivity contribution in [2.24, 2.45) is 0 Å². The van der Waals surface area contributed by atoms with E-state index < -0.39 is 0 Å². The number of fused-ring (bicyclic) bond motifs is 1. The maximum absolute atomic E-state index is 12.1. The summed E-state index contributed by atoms with van der Waals surface area (Å²) in [5, 5.41) is 3.77. The van der Waals surface area contributed by atoms with Gasteiger partial charge in [0.2, 0.25) is 5.76 Å². The predicted octanol–water partition coefficient (Wildman–Crippen LogP) is 3.09. The number of hydrogen-bond acceptors (Lipinski definition) is 4. The molecule has 5 heteroatoms. The predicted molar refractivity (Wildman–Crippen MR) is 75.7 cm³/mol. The second kappa shape index (κ2) is 4.77. The minimum atomic E-state index is -0.300. The topological polar surface area (TPSA) is 68.0 Å². The monoisotopic (exact) mass is 267 g/mol. The molecule has 100 valence electrons. The highest BCUT2D eigenvalue weighted by Gasteiger charge is 2.16. The van der Waals surface area contributed by atoms with E-state index in [1.54, 1.807) is 20.0 Å². The number of benzene rings is 1. The van der Waals surface area contributed by atoms with Gasteiger partial charge in [0.05, 0.1) is 11.2 Å². The van der Waals surface area contributed by atoms with Gasteiger partial charge in [0.25, 0.3) is 5.91 Å². The van der Waals surface area contributed by atoms with E-state index in [1.807, 2.05) is 30.3 Å². The summed E-state index contributed by atoms with van der Waals surface area (Å²) in [5.74, 6) is 0.426. The van der Waals surface area contributed by atoms with Gasteiger partial charge in [-0.2, -0.15) is 0 Å². The number of nitrogens with zero attached hydrogens (tertiary/aromatic N) is 2. The Balaban J connectivity index is 1.89. The maximum atomic E-state index is 12.1. The molecule has 0 saturated carbocycles. The zero-order chi connectivity index (χ0) is 14.1. The van der Waals surface area contributed by atoms with Crippen LogP contribution in [0.2, 0.25) is 0 Å². The molecular weight excluding hydrogens is 254 g/mol. The van der Waals surface area contributed by atoms with Crippen LogP contribution >= 0.6 is 0 Å². The molecule has 0 fully saturated rings. The van der Waals surface area contributed by atoms with Crippen LogP contribution in [0.4, 0.5) is 5.69 Å². The van der Waals surface area contributed by atoms with E-state index >= 15 is 0 Å². The Bertz CT molecular complexity index is 793. The SMILES string of the molecule is Cc1nc(C)c(C(=O)Nc2ccc3ncccc3c2)o1. The molecular formula is C15H13N3O2. The van der Waals surface area contributed by atoms with Crippen LogP contribution in [-0.4, -0.2) is 15.9 Å². The number of nitrogens with one attached hydrogen (secondary N) is 1. The lowest BCUT2D eigenvalue weighted by Gasteiger charge is -2.04. The number of carbonyl (C=O) groups excluding carboxylic acids is 1. The van der Waals surface area contributed by atoms with E-state index in [0.29, 0.717) is 17.3 Å². The maximum Gasteiger partial charge on any atom is 0.293 e.